The first-order chi connectivity index (χ1) is 8.36. The van der Waals surface area contributed by atoms with E-state index >= 15 is 0 Å². The molecule has 3 nitrogen and oxygen atoms in total. The lowest BCUT2D eigenvalue weighted by Crippen LogP contribution is -2.07. The van der Waals surface area contributed by atoms with Crippen LogP contribution in [-0.4, -0.2) is 14.5 Å². The summed E-state index contributed by atoms with van der Waals surface area (Å²) < 4.78 is 3.15. The van der Waals surface area contributed by atoms with E-state index in [9.17, 15) is 0 Å². The molecule has 1 aliphatic rings. The van der Waals surface area contributed by atoms with E-state index in [0.29, 0.717) is 6.04 Å². The van der Waals surface area contributed by atoms with E-state index in [1.165, 1.54) is 44.0 Å². The average molecular weight is 247 g/mol. The molecule has 0 amide bonds. The van der Waals surface area contributed by atoms with Gasteiger partial charge in [0.05, 0.1) is 17.2 Å². The quantitative estimate of drug-likeness (QED) is 0.610. The van der Waals surface area contributed by atoms with Gasteiger partial charge >= 0.3 is 0 Å². The van der Waals surface area contributed by atoms with Gasteiger partial charge in [-0.25, -0.2) is 0 Å². The van der Waals surface area contributed by atoms with Crippen molar-refractivity contribution in [1.29, 1.82) is 0 Å². The molecule has 2 heterocycles. The van der Waals surface area contributed by atoms with Crippen molar-refractivity contribution in [2.75, 3.05) is 0 Å². The Morgan fingerprint density at radius 1 is 1.24 bits per heavy atom. The Kier molecular flexibility index (Phi) is 2.97. The predicted molar refractivity (Wildman–Crippen MR) is 71.7 cm³/mol. The van der Waals surface area contributed by atoms with E-state index in [1.807, 2.05) is 12.4 Å². The van der Waals surface area contributed by atoms with E-state index in [-0.39, 0.29) is 0 Å². The Morgan fingerprint density at radius 2 is 2.00 bits per heavy atom. The Morgan fingerprint density at radius 3 is 2.76 bits per heavy atom. The summed E-state index contributed by atoms with van der Waals surface area (Å²) in [6.07, 6.45) is 11.6. The fraction of sp³-hybridized carbons (Fsp3) is 0.538. The number of imidazole rings is 1. The van der Waals surface area contributed by atoms with Gasteiger partial charge in [0.1, 0.15) is 0 Å². The molecule has 1 aliphatic carbocycles. The SMILES string of the molecule is S=c1[nH]c2cnccc2n1C1CCCCCC1. The van der Waals surface area contributed by atoms with Crippen LogP contribution in [0.25, 0.3) is 11.0 Å². The number of hydrogen-bond donors (Lipinski definition) is 1. The van der Waals surface area contributed by atoms with Crippen LogP contribution in [-0.2, 0) is 0 Å². The first kappa shape index (κ1) is 11.0. The van der Waals surface area contributed by atoms with E-state index in [1.54, 1.807) is 0 Å². The second-order valence-electron chi connectivity index (χ2n) is 4.84. The van der Waals surface area contributed by atoms with Crippen molar-refractivity contribution in [3.63, 3.8) is 0 Å². The molecule has 2 aromatic heterocycles. The second-order valence-corrected chi connectivity index (χ2v) is 5.23. The van der Waals surface area contributed by atoms with Crippen molar-refractivity contribution in [3.05, 3.63) is 23.2 Å². The lowest BCUT2D eigenvalue weighted by Gasteiger charge is -2.16. The molecule has 0 bridgehead atoms. The zero-order chi connectivity index (χ0) is 11.7. The van der Waals surface area contributed by atoms with Gasteiger partial charge in [-0.3, -0.25) is 4.98 Å². The fourth-order valence-corrected chi connectivity index (χ4v) is 3.21. The molecule has 0 saturated heterocycles. The average Bonchev–Trinajstić information content (AvgIpc) is 2.53. The number of aromatic nitrogens is 3. The third-order valence-corrected chi connectivity index (χ3v) is 4.01. The number of hydrogen-bond acceptors (Lipinski definition) is 2. The van der Waals surface area contributed by atoms with Crippen LogP contribution < -0.4 is 0 Å². The minimum atomic E-state index is 0.571. The molecule has 3 rings (SSSR count). The van der Waals surface area contributed by atoms with Crippen molar-refractivity contribution in [3.8, 4) is 0 Å². The van der Waals surface area contributed by atoms with Crippen LogP contribution in [0, 0.1) is 4.77 Å². The molecule has 1 fully saturated rings. The molecule has 4 heteroatoms. The second kappa shape index (κ2) is 4.61. The number of pyridine rings is 1. The summed E-state index contributed by atoms with van der Waals surface area (Å²) in [4.78, 5) is 7.40. The Labute approximate surface area is 106 Å². The van der Waals surface area contributed by atoms with Gasteiger partial charge in [0.2, 0.25) is 0 Å². The maximum Gasteiger partial charge on any atom is 0.178 e. The summed E-state index contributed by atoms with van der Waals surface area (Å²) in [6.45, 7) is 0. The first-order valence-electron chi connectivity index (χ1n) is 6.40. The highest BCUT2D eigenvalue weighted by Crippen LogP contribution is 2.30. The van der Waals surface area contributed by atoms with Crippen molar-refractivity contribution in [1.82, 2.24) is 14.5 Å². The monoisotopic (exact) mass is 247 g/mol. The van der Waals surface area contributed by atoms with E-state index in [4.69, 9.17) is 12.2 Å². The van der Waals surface area contributed by atoms with Gasteiger partial charge in [-0.1, -0.05) is 25.7 Å². The zero-order valence-electron chi connectivity index (χ0n) is 9.85. The van der Waals surface area contributed by atoms with Crippen LogP contribution in [0.5, 0.6) is 0 Å². The van der Waals surface area contributed by atoms with Gasteiger partial charge in [0, 0.05) is 12.2 Å². The third-order valence-electron chi connectivity index (χ3n) is 3.71. The molecule has 0 aliphatic heterocycles. The van der Waals surface area contributed by atoms with Crippen LogP contribution in [0.1, 0.15) is 44.6 Å². The minimum Gasteiger partial charge on any atom is -0.329 e. The standard InChI is InChI=1S/C13H17N3S/c17-13-15-11-9-14-8-7-12(11)16(13)10-5-3-1-2-4-6-10/h7-10H,1-6H2,(H,15,17). The van der Waals surface area contributed by atoms with Gasteiger partial charge in [-0.05, 0) is 31.1 Å². The molecule has 2 aromatic rings. The maximum absolute atomic E-state index is 5.46. The third kappa shape index (κ3) is 2.02. The van der Waals surface area contributed by atoms with Crippen molar-refractivity contribution in [2.45, 2.75) is 44.6 Å². The Bertz CT molecular complexity index is 561. The van der Waals surface area contributed by atoms with E-state index in [2.05, 4.69) is 20.6 Å². The van der Waals surface area contributed by atoms with E-state index in [0.717, 1.165) is 10.3 Å². The highest BCUT2D eigenvalue weighted by Gasteiger charge is 2.17. The van der Waals surface area contributed by atoms with Crippen molar-refractivity contribution < 1.29 is 0 Å². The highest BCUT2D eigenvalue weighted by molar-refractivity contribution is 7.71. The highest BCUT2D eigenvalue weighted by atomic mass is 32.1. The maximum atomic E-state index is 5.46. The molecular formula is C13H17N3S. The largest absolute Gasteiger partial charge is 0.329 e. The molecule has 0 atom stereocenters. The lowest BCUT2D eigenvalue weighted by atomic mass is 10.1. The molecule has 1 N–H and O–H groups in total. The predicted octanol–water partition coefficient (Wildman–Crippen LogP) is 3.99. The number of nitrogens with zero attached hydrogens (tertiary/aromatic N) is 2. The Balaban J connectivity index is 2.09. The molecule has 17 heavy (non-hydrogen) atoms. The minimum absolute atomic E-state index is 0.571. The summed E-state index contributed by atoms with van der Waals surface area (Å²) in [5, 5.41) is 0. The number of H-pyrrole nitrogens is 1. The van der Waals surface area contributed by atoms with Crippen LogP contribution >= 0.6 is 12.2 Å². The van der Waals surface area contributed by atoms with E-state index < -0.39 is 0 Å². The summed E-state index contributed by atoms with van der Waals surface area (Å²) in [5.41, 5.74) is 2.26. The van der Waals surface area contributed by atoms with Gasteiger partial charge < -0.3 is 9.55 Å². The molecule has 1 saturated carbocycles. The summed E-state index contributed by atoms with van der Waals surface area (Å²) in [6, 6.07) is 2.63. The molecule has 0 unspecified atom stereocenters. The normalized spacial score (nSPS) is 18.4. The van der Waals surface area contributed by atoms with Crippen LogP contribution in [0.15, 0.2) is 18.5 Å². The Hall–Kier alpha value is -1.16. The van der Waals surface area contributed by atoms with Crippen molar-refractivity contribution in [2.24, 2.45) is 0 Å². The molecule has 90 valence electrons. The molecule has 0 radical (unpaired) electrons. The number of fused-ring (bicyclic) bond motifs is 1. The van der Waals surface area contributed by atoms with Crippen LogP contribution in [0.2, 0.25) is 0 Å². The molecule has 0 spiro atoms. The number of rotatable bonds is 1. The number of nitrogens with one attached hydrogen (secondary N) is 1. The first-order valence-corrected chi connectivity index (χ1v) is 6.81. The van der Waals surface area contributed by atoms with Gasteiger partial charge in [-0.15, -0.1) is 0 Å². The smallest absolute Gasteiger partial charge is 0.178 e. The molecule has 0 aromatic carbocycles. The molecular weight excluding hydrogens is 230 g/mol. The van der Waals surface area contributed by atoms with Crippen LogP contribution in [0.3, 0.4) is 0 Å². The zero-order valence-corrected chi connectivity index (χ0v) is 10.7. The topological polar surface area (TPSA) is 33.6 Å². The summed E-state index contributed by atoms with van der Waals surface area (Å²) in [7, 11) is 0. The number of aromatic amines is 1. The van der Waals surface area contributed by atoms with Crippen LogP contribution in [0.4, 0.5) is 0 Å². The lowest BCUT2D eigenvalue weighted by molar-refractivity contribution is 0.450. The van der Waals surface area contributed by atoms with Crippen molar-refractivity contribution >= 4 is 23.3 Å². The summed E-state index contributed by atoms with van der Waals surface area (Å²) >= 11 is 5.46. The van der Waals surface area contributed by atoms with Gasteiger partial charge in [-0.2, -0.15) is 0 Å². The summed E-state index contributed by atoms with van der Waals surface area (Å²) in [5.74, 6) is 0. The van der Waals surface area contributed by atoms with Gasteiger partial charge in [0.25, 0.3) is 0 Å². The van der Waals surface area contributed by atoms with Gasteiger partial charge in [0.15, 0.2) is 4.77 Å². The fourth-order valence-electron chi connectivity index (χ4n) is 2.86.